The van der Waals surface area contributed by atoms with Crippen molar-refractivity contribution >= 4 is 40.3 Å². The van der Waals surface area contributed by atoms with E-state index >= 15 is 0 Å². The number of rotatable bonds is 9. The van der Waals surface area contributed by atoms with Gasteiger partial charge in [0.15, 0.2) is 0 Å². The smallest absolute Gasteiger partial charge is 0.141 e. The van der Waals surface area contributed by atoms with Gasteiger partial charge in [0.05, 0.1) is 5.02 Å². The van der Waals surface area contributed by atoms with Crippen molar-refractivity contribution in [2.24, 2.45) is 0 Å². The predicted molar refractivity (Wildman–Crippen MR) is 127 cm³/mol. The summed E-state index contributed by atoms with van der Waals surface area (Å²) in [6.45, 7) is 3.69. The number of nitrogens with zero attached hydrogens (tertiary/aromatic N) is 3. The van der Waals surface area contributed by atoms with E-state index in [-0.39, 0.29) is 5.02 Å². The van der Waals surface area contributed by atoms with Crippen LogP contribution in [-0.2, 0) is 0 Å². The maximum Gasteiger partial charge on any atom is 0.141 e. The number of hydrogen-bond acceptors (Lipinski definition) is 6. The van der Waals surface area contributed by atoms with Gasteiger partial charge in [-0.1, -0.05) is 29.8 Å². The molecule has 3 N–H and O–H groups in total. The van der Waals surface area contributed by atoms with Crippen LogP contribution in [0.15, 0.2) is 60.9 Å². The monoisotopic (exact) mass is 440 g/mol. The van der Waals surface area contributed by atoms with Gasteiger partial charge in [-0.3, -0.25) is 0 Å². The molecule has 31 heavy (non-hydrogen) atoms. The fourth-order valence-corrected chi connectivity index (χ4v) is 2.95. The molecule has 0 amide bonds. The molecule has 0 aliphatic heterocycles. The quantitative estimate of drug-likeness (QED) is 0.377. The highest BCUT2D eigenvalue weighted by molar-refractivity contribution is 6.31. The first-order valence-electron chi connectivity index (χ1n) is 9.86. The zero-order valence-corrected chi connectivity index (χ0v) is 18.5. The van der Waals surface area contributed by atoms with Crippen LogP contribution in [0.4, 0.5) is 33.1 Å². The third-order valence-corrected chi connectivity index (χ3v) is 4.71. The van der Waals surface area contributed by atoms with Crippen molar-refractivity contribution in [2.75, 3.05) is 43.1 Å². The minimum Gasteiger partial charge on any atom is -0.382 e. The summed E-state index contributed by atoms with van der Waals surface area (Å²) in [4.78, 5) is 10.6. The molecule has 0 saturated heterocycles. The van der Waals surface area contributed by atoms with E-state index < -0.39 is 5.82 Å². The molecule has 0 saturated carbocycles. The number of aromatic nitrogens is 2. The standard InChI is InChI=1S/C23H26ClFN6/c1-16-6-7-17(26-10-4-5-11-31(2)3)13-21(16)30-23-14-22(27-15-28-23)29-18-8-9-20(25)19(24)12-18/h4-9,12-15,26H,10-11H2,1-3H3,(H2,27,28,29,30)/b5-4+. The first-order valence-corrected chi connectivity index (χ1v) is 10.2. The van der Waals surface area contributed by atoms with Crippen molar-refractivity contribution in [3.05, 3.63) is 77.3 Å². The highest BCUT2D eigenvalue weighted by Gasteiger charge is 2.06. The Morgan fingerprint density at radius 3 is 2.45 bits per heavy atom. The predicted octanol–water partition coefficient (Wildman–Crippen LogP) is 5.59. The zero-order chi connectivity index (χ0) is 22.2. The number of aryl methyl sites for hydroxylation is 1. The van der Waals surface area contributed by atoms with Crippen molar-refractivity contribution < 1.29 is 4.39 Å². The Morgan fingerprint density at radius 2 is 1.71 bits per heavy atom. The molecule has 1 heterocycles. The van der Waals surface area contributed by atoms with Crippen LogP contribution in [0.1, 0.15) is 5.56 Å². The van der Waals surface area contributed by atoms with Crippen LogP contribution >= 0.6 is 11.6 Å². The average molecular weight is 441 g/mol. The van der Waals surface area contributed by atoms with Gasteiger partial charge in [0.25, 0.3) is 0 Å². The minimum atomic E-state index is -0.464. The molecule has 162 valence electrons. The molecule has 0 aliphatic carbocycles. The molecule has 1 aromatic heterocycles. The Hall–Kier alpha value is -3.16. The first-order chi connectivity index (χ1) is 14.9. The van der Waals surface area contributed by atoms with E-state index in [2.05, 4.69) is 49.0 Å². The second-order valence-electron chi connectivity index (χ2n) is 7.31. The molecule has 0 spiro atoms. The molecule has 6 nitrogen and oxygen atoms in total. The SMILES string of the molecule is Cc1ccc(NC/C=C/CN(C)C)cc1Nc1cc(Nc2ccc(F)c(Cl)c2)ncn1. The highest BCUT2D eigenvalue weighted by Crippen LogP contribution is 2.26. The lowest BCUT2D eigenvalue weighted by atomic mass is 10.1. The van der Waals surface area contributed by atoms with Gasteiger partial charge in [-0.2, -0.15) is 0 Å². The van der Waals surface area contributed by atoms with E-state index in [1.54, 1.807) is 12.1 Å². The Balaban J connectivity index is 1.67. The summed E-state index contributed by atoms with van der Waals surface area (Å²) < 4.78 is 13.4. The maximum absolute atomic E-state index is 13.4. The summed E-state index contributed by atoms with van der Waals surface area (Å²) in [7, 11) is 4.08. The van der Waals surface area contributed by atoms with Crippen LogP contribution in [0.25, 0.3) is 0 Å². The van der Waals surface area contributed by atoms with Gasteiger partial charge < -0.3 is 20.9 Å². The molecule has 0 fully saturated rings. The van der Waals surface area contributed by atoms with Gasteiger partial charge in [-0.15, -0.1) is 0 Å². The molecule has 0 radical (unpaired) electrons. The van der Waals surface area contributed by atoms with Crippen LogP contribution in [0.5, 0.6) is 0 Å². The average Bonchev–Trinajstić information content (AvgIpc) is 2.73. The largest absolute Gasteiger partial charge is 0.382 e. The van der Waals surface area contributed by atoms with Crippen molar-refractivity contribution in [1.82, 2.24) is 14.9 Å². The van der Waals surface area contributed by atoms with E-state index in [1.807, 2.05) is 33.2 Å². The van der Waals surface area contributed by atoms with E-state index in [9.17, 15) is 4.39 Å². The number of anilines is 5. The van der Waals surface area contributed by atoms with E-state index in [0.29, 0.717) is 17.3 Å². The van der Waals surface area contributed by atoms with E-state index in [0.717, 1.165) is 30.0 Å². The van der Waals surface area contributed by atoms with Gasteiger partial charge >= 0.3 is 0 Å². The lowest BCUT2D eigenvalue weighted by Gasteiger charge is -2.13. The van der Waals surface area contributed by atoms with E-state index in [1.165, 1.54) is 18.5 Å². The van der Waals surface area contributed by atoms with Crippen molar-refractivity contribution in [1.29, 1.82) is 0 Å². The van der Waals surface area contributed by atoms with Crippen LogP contribution < -0.4 is 16.0 Å². The lowest BCUT2D eigenvalue weighted by molar-refractivity contribution is 0.456. The fraction of sp³-hybridized carbons (Fsp3) is 0.217. The van der Waals surface area contributed by atoms with Gasteiger partial charge in [0, 0.05) is 36.2 Å². The minimum absolute atomic E-state index is 0.0499. The fourth-order valence-electron chi connectivity index (χ4n) is 2.77. The zero-order valence-electron chi connectivity index (χ0n) is 17.8. The summed E-state index contributed by atoms with van der Waals surface area (Å²) in [6.07, 6.45) is 5.70. The maximum atomic E-state index is 13.4. The molecule has 0 atom stereocenters. The van der Waals surface area contributed by atoms with Crippen molar-refractivity contribution in [2.45, 2.75) is 6.92 Å². The van der Waals surface area contributed by atoms with Gasteiger partial charge in [0.2, 0.25) is 0 Å². The third-order valence-electron chi connectivity index (χ3n) is 4.42. The molecule has 3 aromatic rings. The van der Waals surface area contributed by atoms with Gasteiger partial charge in [0.1, 0.15) is 23.8 Å². The topological polar surface area (TPSA) is 65.1 Å². The molecule has 0 aliphatic rings. The number of likely N-dealkylation sites (N-methyl/N-ethyl adjacent to an activating group) is 1. The van der Waals surface area contributed by atoms with E-state index in [4.69, 9.17) is 11.6 Å². The summed E-state index contributed by atoms with van der Waals surface area (Å²) >= 11 is 5.85. The number of halogens is 2. The lowest BCUT2D eigenvalue weighted by Crippen LogP contribution is -2.11. The van der Waals surface area contributed by atoms with Crippen molar-refractivity contribution in [3.63, 3.8) is 0 Å². The summed E-state index contributed by atoms with van der Waals surface area (Å²) in [5, 5.41) is 9.88. The Bertz CT molecular complexity index is 1050. The highest BCUT2D eigenvalue weighted by atomic mass is 35.5. The molecule has 0 bridgehead atoms. The second kappa shape index (κ2) is 10.7. The molecular formula is C23H26ClFN6. The second-order valence-corrected chi connectivity index (χ2v) is 7.72. The normalized spacial score (nSPS) is 11.2. The first kappa shape index (κ1) is 22.5. The Labute approximate surface area is 187 Å². The number of benzene rings is 2. The number of nitrogens with one attached hydrogen (secondary N) is 3. The summed E-state index contributed by atoms with van der Waals surface area (Å²) in [5.74, 6) is 0.740. The Kier molecular flexibility index (Phi) is 7.81. The Morgan fingerprint density at radius 1 is 0.968 bits per heavy atom. The summed E-state index contributed by atoms with van der Waals surface area (Å²) in [5.41, 5.74) is 3.68. The van der Waals surface area contributed by atoms with Gasteiger partial charge in [-0.05, 0) is 56.9 Å². The molecular weight excluding hydrogens is 415 g/mol. The molecule has 0 unspecified atom stereocenters. The van der Waals surface area contributed by atoms with Crippen molar-refractivity contribution in [3.8, 4) is 0 Å². The third kappa shape index (κ3) is 6.94. The van der Waals surface area contributed by atoms with Gasteiger partial charge in [-0.25, -0.2) is 14.4 Å². The molecule has 8 heteroatoms. The van der Waals surface area contributed by atoms with Crippen LogP contribution in [-0.4, -0.2) is 42.1 Å². The molecule has 3 rings (SSSR count). The van der Waals surface area contributed by atoms with Crippen LogP contribution in [0, 0.1) is 12.7 Å². The summed E-state index contributed by atoms with van der Waals surface area (Å²) in [6, 6.07) is 12.3. The van der Waals surface area contributed by atoms with Crippen LogP contribution in [0.2, 0.25) is 5.02 Å². The number of hydrogen-bond donors (Lipinski definition) is 3. The van der Waals surface area contributed by atoms with Crippen LogP contribution in [0.3, 0.4) is 0 Å². The molecule has 2 aromatic carbocycles.